The molecule has 6 nitrogen and oxygen atoms in total. The summed E-state index contributed by atoms with van der Waals surface area (Å²) >= 11 is 0. The van der Waals surface area contributed by atoms with Crippen molar-refractivity contribution in [3.63, 3.8) is 0 Å². The zero-order valence-corrected chi connectivity index (χ0v) is 13.5. The van der Waals surface area contributed by atoms with E-state index in [2.05, 4.69) is 10.6 Å². The quantitative estimate of drug-likeness (QED) is 0.667. The SMILES string of the molecule is CCOC(=O)C1=C(C[NH2+][C@H](C)c2ccc(F)c(F)c2)NC(=O)NC1. The molecule has 1 aromatic rings. The first-order chi connectivity index (χ1) is 11.4. The highest BCUT2D eigenvalue weighted by molar-refractivity contribution is 5.93. The Labute approximate surface area is 138 Å². The minimum Gasteiger partial charge on any atom is -0.463 e. The summed E-state index contributed by atoms with van der Waals surface area (Å²) in [5.41, 5.74) is 1.41. The van der Waals surface area contributed by atoms with Gasteiger partial charge >= 0.3 is 12.0 Å². The van der Waals surface area contributed by atoms with Crippen molar-refractivity contribution in [2.24, 2.45) is 0 Å². The van der Waals surface area contributed by atoms with E-state index in [0.717, 1.165) is 12.1 Å². The number of halogens is 2. The van der Waals surface area contributed by atoms with Gasteiger partial charge in [0.2, 0.25) is 0 Å². The molecule has 0 aliphatic carbocycles. The summed E-state index contributed by atoms with van der Waals surface area (Å²) in [6.45, 7) is 4.14. The Kier molecular flexibility index (Phi) is 5.86. The number of amides is 2. The Morgan fingerprint density at radius 3 is 2.79 bits per heavy atom. The molecular weight excluding hydrogens is 320 g/mol. The first-order valence-corrected chi connectivity index (χ1v) is 7.64. The van der Waals surface area contributed by atoms with Crippen molar-refractivity contribution in [2.75, 3.05) is 19.7 Å². The second-order valence-corrected chi connectivity index (χ2v) is 5.39. The molecule has 4 N–H and O–H groups in total. The summed E-state index contributed by atoms with van der Waals surface area (Å²) in [5.74, 6) is -2.30. The number of benzene rings is 1. The van der Waals surface area contributed by atoms with Gasteiger partial charge in [-0.25, -0.2) is 18.4 Å². The van der Waals surface area contributed by atoms with E-state index in [1.165, 1.54) is 6.07 Å². The van der Waals surface area contributed by atoms with Gasteiger partial charge in [-0.2, -0.15) is 0 Å². The van der Waals surface area contributed by atoms with Crippen LogP contribution >= 0.6 is 0 Å². The number of ether oxygens (including phenoxy) is 1. The van der Waals surface area contributed by atoms with E-state index in [0.29, 0.717) is 23.4 Å². The minimum atomic E-state index is -0.908. The topological polar surface area (TPSA) is 84.0 Å². The van der Waals surface area contributed by atoms with E-state index < -0.39 is 23.6 Å². The van der Waals surface area contributed by atoms with Crippen LogP contribution in [0, 0.1) is 11.6 Å². The number of carbonyl (C=O) groups is 2. The second kappa shape index (κ2) is 7.87. The Hall–Kier alpha value is -2.48. The van der Waals surface area contributed by atoms with Crippen LogP contribution in [0.15, 0.2) is 29.5 Å². The normalized spacial score (nSPS) is 15.6. The first kappa shape index (κ1) is 17.9. The highest BCUT2D eigenvalue weighted by atomic mass is 19.2. The zero-order valence-electron chi connectivity index (χ0n) is 13.5. The molecule has 0 bridgehead atoms. The molecule has 2 amide bonds. The molecule has 0 saturated heterocycles. The molecule has 1 aromatic carbocycles. The van der Waals surface area contributed by atoms with E-state index >= 15 is 0 Å². The monoisotopic (exact) mass is 340 g/mol. The number of rotatable bonds is 6. The van der Waals surface area contributed by atoms with Crippen LogP contribution in [0.5, 0.6) is 0 Å². The molecule has 0 unspecified atom stereocenters. The zero-order chi connectivity index (χ0) is 17.7. The van der Waals surface area contributed by atoms with Gasteiger partial charge < -0.3 is 20.7 Å². The van der Waals surface area contributed by atoms with Crippen LogP contribution < -0.4 is 16.0 Å². The van der Waals surface area contributed by atoms with Crippen molar-refractivity contribution < 1.29 is 28.4 Å². The van der Waals surface area contributed by atoms with E-state index in [9.17, 15) is 18.4 Å². The lowest BCUT2D eigenvalue weighted by Crippen LogP contribution is -2.86. The Morgan fingerprint density at radius 1 is 1.38 bits per heavy atom. The van der Waals surface area contributed by atoms with Gasteiger partial charge in [0.05, 0.1) is 24.4 Å². The van der Waals surface area contributed by atoms with Crippen LogP contribution in [0.25, 0.3) is 0 Å². The third-order valence-electron chi connectivity index (χ3n) is 3.72. The number of quaternary nitrogens is 1. The van der Waals surface area contributed by atoms with Gasteiger partial charge in [-0.15, -0.1) is 0 Å². The second-order valence-electron chi connectivity index (χ2n) is 5.39. The third kappa shape index (κ3) is 4.29. The molecule has 0 spiro atoms. The van der Waals surface area contributed by atoms with Gasteiger partial charge in [-0.3, -0.25) is 0 Å². The molecule has 0 saturated carbocycles. The van der Waals surface area contributed by atoms with Crippen LogP contribution in [-0.2, 0) is 9.53 Å². The standard InChI is InChI=1S/C16H19F2N3O3/c1-3-24-15(22)11-7-20-16(23)21-14(11)8-19-9(2)10-4-5-12(17)13(18)6-10/h4-6,9,19H,3,7-8H2,1-2H3,(H2,20,21,23)/p+1/t9-/m1/s1. The molecule has 1 aliphatic rings. The molecule has 130 valence electrons. The highest BCUT2D eigenvalue weighted by Gasteiger charge is 2.25. The number of nitrogens with two attached hydrogens (primary N) is 1. The van der Waals surface area contributed by atoms with Crippen LogP contribution in [0.1, 0.15) is 25.5 Å². The van der Waals surface area contributed by atoms with Gasteiger partial charge in [0.15, 0.2) is 11.6 Å². The van der Waals surface area contributed by atoms with Crippen LogP contribution in [-0.4, -0.2) is 31.7 Å². The lowest BCUT2D eigenvalue weighted by atomic mass is 10.1. The molecule has 2 rings (SSSR count). The van der Waals surface area contributed by atoms with Crippen molar-refractivity contribution in [1.82, 2.24) is 10.6 Å². The molecule has 0 fully saturated rings. The molecular formula is C16H20F2N3O3+. The molecule has 8 heteroatoms. The fourth-order valence-electron chi connectivity index (χ4n) is 2.35. The molecule has 0 radical (unpaired) electrons. The molecule has 24 heavy (non-hydrogen) atoms. The number of urea groups is 1. The maximum Gasteiger partial charge on any atom is 0.337 e. The van der Waals surface area contributed by atoms with Gasteiger partial charge in [0, 0.05) is 5.56 Å². The number of esters is 1. The van der Waals surface area contributed by atoms with E-state index in [-0.39, 0.29) is 19.2 Å². The van der Waals surface area contributed by atoms with E-state index in [1.54, 1.807) is 6.92 Å². The summed E-state index contributed by atoms with van der Waals surface area (Å²) in [7, 11) is 0. The van der Waals surface area contributed by atoms with Gasteiger partial charge in [0.25, 0.3) is 0 Å². The van der Waals surface area contributed by atoms with Crippen LogP contribution in [0.4, 0.5) is 13.6 Å². The first-order valence-electron chi connectivity index (χ1n) is 7.64. The number of nitrogens with one attached hydrogen (secondary N) is 2. The summed E-state index contributed by atoms with van der Waals surface area (Å²) in [6.07, 6.45) is 0. The van der Waals surface area contributed by atoms with Crippen molar-refractivity contribution >= 4 is 12.0 Å². The summed E-state index contributed by atoms with van der Waals surface area (Å²) < 4.78 is 31.3. The minimum absolute atomic E-state index is 0.0907. The summed E-state index contributed by atoms with van der Waals surface area (Å²) in [6, 6.07) is 3.12. The average molecular weight is 340 g/mol. The average Bonchev–Trinajstić information content (AvgIpc) is 2.55. The maximum absolute atomic E-state index is 13.3. The number of carbonyl (C=O) groups excluding carboxylic acids is 2. The lowest BCUT2D eigenvalue weighted by Gasteiger charge is -2.21. The van der Waals surface area contributed by atoms with Crippen molar-refractivity contribution in [2.45, 2.75) is 19.9 Å². The highest BCUT2D eigenvalue weighted by Crippen LogP contribution is 2.13. The molecule has 0 aromatic heterocycles. The molecule has 1 aliphatic heterocycles. The summed E-state index contributed by atoms with van der Waals surface area (Å²) in [4.78, 5) is 23.4. The third-order valence-corrected chi connectivity index (χ3v) is 3.72. The number of hydrogen-bond donors (Lipinski definition) is 3. The maximum atomic E-state index is 13.3. The Morgan fingerprint density at radius 2 is 2.12 bits per heavy atom. The van der Waals surface area contributed by atoms with Crippen molar-refractivity contribution in [3.8, 4) is 0 Å². The van der Waals surface area contributed by atoms with E-state index in [1.807, 2.05) is 12.2 Å². The molecule has 1 heterocycles. The smallest absolute Gasteiger partial charge is 0.337 e. The van der Waals surface area contributed by atoms with Gasteiger partial charge in [0.1, 0.15) is 12.6 Å². The Balaban J connectivity index is 2.09. The van der Waals surface area contributed by atoms with Crippen molar-refractivity contribution in [1.29, 1.82) is 0 Å². The number of hydrogen-bond acceptors (Lipinski definition) is 3. The van der Waals surface area contributed by atoms with E-state index in [4.69, 9.17) is 4.74 Å². The molecule has 1 atom stereocenters. The van der Waals surface area contributed by atoms with Gasteiger partial charge in [-0.05, 0) is 32.0 Å². The fraction of sp³-hybridized carbons (Fsp3) is 0.375. The van der Waals surface area contributed by atoms with Crippen LogP contribution in [0.2, 0.25) is 0 Å². The largest absolute Gasteiger partial charge is 0.463 e. The predicted octanol–water partition coefficient (Wildman–Crippen LogP) is 0.719. The fourth-order valence-corrected chi connectivity index (χ4v) is 2.35. The summed E-state index contributed by atoms with van der Waals surface area (Å²) in [5, 5.41) is 6.93. The lowest BCUT2D eigenvalue weighted by molar-refractivity contribution is -0.686. The van der Waals surface area contributed by atoms with Gasteiger partial charge in [-0.1, -0.05) is 0 Å². The predicted molar refractivity (Wildman–Crippen MR) is 81.8 cm³/mol. The Bertz CT molecular complexity index is 677. The van der Waals surface area contributed by atoms with Crippen molar-refractivity contribution in [3.05, 3.63) is 46.7 Å². The van der Waals surface area contributed by atoms with Crippen LogP contribution in [0.3, 0.4) is 0 Å².